The molecule has 1 aliphatic carbocycles. The van der Waals surface area contributed by atoms with Crippen molar-refractivity contribution < 1.29 is 23.7 Å². The highest BCUT2D eigenvalue weighted by molar-refractivity contribution is 5.03. The van der Waals surface area contributed by atoms with Gasteiger partial charge in [0.15, 0.2) is 12.6 Å². The van der Waals surface area contributed by atoms with Crippen LogP contribution in [0.3, 0.4) is 0 Å². The topological polar surface area (TPSA) is 91.8 Å². The highest BCUT2D eigenvalue weighted by Gasteiger charge is 2.57. The number of fused-ring (bicyclic) bond motifs is 3. The van der Waals surface area contributed by atoms with E-state index in [4.69, 9.17) is 23.7 Å². The van der Waals surface area contributed by atoms with Gasteiger partial charge in [-0.3, -0.25) is 4.90 Å². The molecular formula is C30H50N4O5. The quantitative estimate of drug-likeness (QED) is 0.346. The highest BCUT2D eigenvalue weighted by atomic mass is 16.8. The van der Waals surface area contributed by atoms with Gasteiger partial charge in [0.05, 0.1) is 19.3 Å². The third-order valence-corrected chi connectivity index (χ3v) is 11.6. The van der Waals surface area contributed by atoms with Crippen molar-refractivity contribution in [2.75, 3.05) is 60.2 Å². The maximum Gasteiger partial charge on any atom is 0.184 e. The van der Waals surface area contributed by atoms with Gasteiger partial charge in [-0.1, -0.05) is 13.8 Å². The molecule has 0 amide bonds. The van der Waals surface area contributed by atoms with Gasteiger partial charge in [-0.15, -0.1) is 0 Å². The van der Waals surface area contributed by atoms with Gasteiger partial charge in [0, 0.05) is 63.7 Å². The minimum absolute atomic E-state index is 0.0773. The number of ether oxygens (including phenoxy) is 5. The summed E-state index contributed by atoms with van der Waals surface area (Å²) >= 11 is 0. The fraction of sp³-hybridized carbons (Fsp3) is 0.967. The number of hydrogen-bond donors (Lipinski definition) is 1. The molecule has 39 heavy (non-hydrogen) atoms. The van der Waals surface area contributed by atoms with Gasteiger partial charge >= 0.3 is 0 Å². The molecule has 11 atom stereocenters. The van der Waals surface area contributed by atoms with E-state index in [9.17, 15) is 5.26 Å². The molecule has 5 heterocycles. The minimum atomic E-state index is -0.118. The molecule has 220 valence electrons. The van der Waals surface area contributed by atoms with Crippen LogP contribution in [0, 0.1) is 46.3 Å². The Hall–Kier alpha value is -0.830. The van der Waals surface area contributed by atoms with Crippen molar-refractivity contribution in [2.45, 2.75) is 89.4 Å². The number of epoxide rings is 1. The Bertz CT molecular complexity index is 878. The lowest BCUT2D eigenvalue weighted by Crippen LogP contribution is -2.55. The monoisotopic (exact) mass is 546 g/mol. The fourth-order valence-corrected chi connectivity index (χ4v) is 9.22. The maximum absolute atomic E-state index is 9.20. The van der Waals surface area contributed by atoms with Crippen molar-refractivity contribution in [2.24, 2.45) is 35.0 Å². The summed E-state index contributed by atoms with van der Waals surface area (Å²) in [7, 11) is 3.63. The van der Waals surface area contributed by atoms with Gasteiger partial charge in [0.2, 0.25) is 0 Å². The second-order valence-electron chi connectivity index (χ2n) is 13.3. The van der Waals surface area contributed by atoms with Gasteiger partial charge in [-0.05, 0) is 68.9 Å². The Labute approximate surface area is 234 Å². The van der Waals surface area contributed by atoms with Crippen LogP contribution in [0.1, 0.15) is 52.4 Å². The lowest BCUT2D eigenvalue weighted by atomic mass is 9.63. The number of nitriles is 1. The number of nitrogens with one attached hydrogen (secondary N) is 1. The van der Waals surface area contributed by atoms with Crippen LogP contribution in [0.25, 0.3) is 0 Å². The van der Waals surface area contributed by atoms with E-state index in [0.29, 0.717) is 54.2 Å². The zero-order chi connectivity index (χ0) is 27.1. The van der Waals surface area contributed by atoms with Crippen molar-refractivity contribution >= 4 is 0 Å². The molecule has 1 N–H and O–H groups in total. The lowest BCUT2D eigenvalue weighted by Gasteiger charge is -2.48. The Morgan fingerprint density at radius 2 is 1.79 bits per heavy atom. The molecule has 6 rings (SSSR count). The number of methoxy groups -OCH3 is 2. The second-order valence-corrected chi connectivity index (χ2v) is 13.3. The molecule has 6 aliphatic rings. The molecule has 0 bridgehead atoms. The average molecular weight is 547 g/mol. The van der Waals surface area contributed by atoms with E-state index in [1.165, 1.54) is 32.1 Å². The summed E-state index contributed by atoms with van der Waals surface area (Å²) in [6.45, 7) is 11.4. The van der Waals surface area contributed by atoms with Crippen molar-refractivity contribution in [1.29, 1.82) is 5.26 Å². The van der Waals surface area contributed by atoms with Crippen LogP contribution in [-0.4, -0.2) is 107 Å². The van der Waals surface area contributed by atoms with E-state index in [0.717, 1.165) is 45.9 Å². The van der Waals surface area contributed by atoms with Crippen LogP contribution in [-0.2, 0) is 23.7 Å². The molecule has 0 aromatic heterocycles. The number of nitrogens with zero attached hydrogens (tertiary/aromatic N) is 3. The number of likely N-dealkylation sites (tertiary alicyclic amines) is 2. The largest absolute Gasteiger partial charge is 0.366 e. The molecule has 5 saturated heterocycles. The van der Waals surface area contributed by atoms with Crippen LogP contribution in [0.15, 0.2) is 0 Å². The minimum Gasteiger partial charge on any atom is -0.366 e. The van der Waals surface area contributed by atoms with Crippen LogP contribution >= 0.6 is 0 Å². The van der Waals surface area contributed by atoms with Gasteiger partial charge < -0.3 is 33.9 Å². The van der Waals surface area contributed by atoms with E-state index in [2.05, 4.69) is 35.0 Å². The first-order valence-corrected chi connectivity index (χ1v) is 15.5. The van der Waals surface area contributed by atoms with E-state index in [1.807, 2.05) is 7.11 Å². The predicted molar refractivity (Wildman–Crippen MR) is 145 cm³/mol. The van der Waals surface area contributed by atoms with Crippen molar-refractivity contribution in [1.82, 2.24) is 15.1 Å². The van der Waals surface area contributed by atoms with E-state index >= 15 is 0 Å². The molecule has 6 fully saturated rings. The van der Waals surface area contributed by atoms with Gasteiger partial charge in [-0.25, -0.2) is 0 Å². The molecule has 5 aliphatic heterocycles. The summed E-state index contributed by atoms with van der Waals surface area (Å²) in [4.78, 5) is 5.26. The molecule has 0 radical (unpaired) electrons. The molecule has 0 aromatic carbocycles. The molecule has 11 unspecified atom stereocenters. The lowest BCUT2D eigenvalue weighted by molar-refractivity contribution is -0.114. The Balaban J connectivity index is 1.08. The Morgan fingerprint density at radius 1 is 1.00 bits per heavy atom. The fourth-order valence-electron chi connectivity index (χ4n) is 9.22. The second kappa shape index (κ2) is 11.8. The first-order chi connectivity index (χ1) is 19.0. The van der Waals surface area contributed by atoms with Crippen molar-refractivity contribution in [3.8, 4) is 6.07 Å². The number of piperidine rings is 1. The summed E-state index contributed by atoms with van der Waals surface area (Å²) in [5, 5.41) is 13.0. The summed E-state index contributed by atoms with van der Waals surface area (Å²) < 4.78 is 29.5. The summed E-state index contributed by atoms with van der Waals surface area (Å²) in [5.74, 6) is 2.78. The summed E-state index contributed by atoms with van der Waals surface area (Å²) in [6.07, 6.45) is 7.01. The zero-order valence-corrected chi connectivity index (χ0v) is 24.4. The molecule has 9 heteroatoms. The molecule has 0 aromatic rings. The first kappa shape index (κ1) is 28.3. The van der Waals surface area contributed by atoms with Crippen LogP contribution in [0.2, 0.25) is 0 Å². The van der Waals surface area contributed by atoms with Gasteiger partial charge in [0.25, 0.3) is 0 Å². The Kier molecular flexibility index (Phi) is 8.57. The SMILES string of the molecule is COC1OCC(N2CCC3(CCN(CC(NCCC#N)C4CCC5C(COC6OC65)C4C)CC3)C2OC)C1C. The zero-order valence-electron chi connectivity index (χ0n) is 24.4. The van der Waals surface area contributed by atoms with Crippen molar-refractivity contribution in [3.05, 3.63) is 0 Å². The summed E-state index contributed by atoms with van der Waals surface area (Å²) in [6, 6.07) is 3.08. The van der Waals surface area contributed by atoms with E-state index in [1.54, 1.807) is 7.11 Å². The van der Waals surface area contributed by atoms with Gasteiger partial charge in [0.1, 0.15) is 12.3 Å². The van der Waals surface area contributed by atoms with Crippen LogP contribution in [0.4, 0.5) is 0 Å². The van der Waals surface area contributed by atoms with Gasteiger partial charge in [-0.2, -0.15) is 5.26 Å². The predicted octanol–water partition coefficient (Wildman–Crippen LogP) is 2.66. The molecule has 1 spiro atoms. The smallest absolute Gasteiger partial charge is 0.184 e. The third-order valence-electron chi connectivity index (χ3n) is 11.6. The normalized spacial score (nSPS) is 44.6. The van der Waals surface area contributed by atoms with E-state index < -0.39 is 0 Å². The maximum atomic E-state index is 9.20. The third kappa shape index (κ3) is 5.30. The van der Waals surface area contributed by atoms with Crippen LogP contribution in [0.5, 0.6) is 0 Å². The van der Waals surface area contributed by atoms with Crippen molar-refractivity contribution in [3.63, 3.8) is 0 Å². The summed E-state index contributed by atoms with van der Waals surface area (Å²) in [5.41, 5.74) is 0.214. The molecular weight excluding hydrogens is 496 g/mol. The highest BCUT2D eigenvalue weighted by Crippen LogP contribution is 2.51. The Morgan fingerprint density at radius 3 is 2.51 bits per heavy atom. The average Bonchev–Trinajstić information content (AvgIpc) is 3.55. The van der Waals surface area contributed by atoms with E-state index in [-0.39, 0.29) is 24.2 Å². The van der Waals surface area contributed by atoms with Crippen LogP contribution < -0.4 is 5.32 Å². The molecule has 9 nitrogen and oxygen atoms in total. The standard InChI is InChI=1S/C30H50N4O5/c1-19-21(6-7-22-23(19)17-37-28-26(22)39-28)24(32-12-5-11-31)16-33-13-8-30(9-14-33)10-15-34(29(30)36-4)25-18-38-27(35-3)20(25)2/h19-29,32H,5-10,12-18H2,1-4H3. The number of hydrogen-bond acceptors (Lipinski definition) is 9. The number of rotatable bonds is 9. The first-order valence-electron chi connectivity index (χ1n) is 15.5. The molecule has 1 saturated carbocycles.